The lowest BCUT2D eigenvalue weighted by molar-refractivity contribution is 0.0845. The molecule has 0 aliphatic carbocycles. The smallest absolute Gasteiger partial charge is 0.142 e. The van der Waals surface area contributed by atoms with E-state index >= 15 is 0 Å². The summed E-state index contributed by atoms with van der Waals surface area (Å²) >= 11 is 5.76. The van der Waals surface area contributed by atoms with Crippen LogP contribution in [0.3, 0.4) is 0 Å². The molecule has 1 aromatic rings. The maximum atomic E-state index is 13.7. The Hall–Kier alpha value is -0.640. The van der Waals surface area contributed by atoms with E-state index in [4.69, 9.17) is 17.3 Å². The van der Waals surface area contributed by atoms with Crippen LogP contribution in [0.25, 0.3) is 0 Å². The fraction of sp³-hybridized carbons (Fsp3) is 0.647. The molecular weight excluding hydrogens is 287 g/mol. The molecule has 0 radical (unpaired) electrons. The van der Waals surface area contributed by atoms with Crippen molar-refractivity contribution in [3.63, 3.8) is 0 Å². The molecule has 4 heteroatoms. The highest BCUT2D eigenvalue weighted by atomic mass is 35.5. The quantitative estimate of drug-likeness (QED) is 0.904. The Morgan fingerprint density at radius 3 is 2.43 bits per heavy atom. The first-order chi connectivity index (χ1) is 9.82. The van der Waals surface area contributed by atoms with E-state index in [0.29, 0.717) is 12.0 Å². The molecule has 2 rings (SSSR count). The van der Waals surface area contributed by atoms with Crippen LogP contribution in [0, 0.1) is 17.2 Å². The lowest BCUT2D eigenvalue weighted by atomic mass is 9.75. The molecule has 1 aliphatic rings. The summed E-state index contributed by atoms with van der Waals surface area (Å²) in [5.41, 5.74) is 7.23. The summed E-state index contributed by atoms with van der Waals surface area (Å²) in [5, 5.41) is 0.168. The van der Waals surface area contributed by atoms with E-state index in [0.717, 1.165) is 24.6 Å². The van der Waals surface area contributed by atoms with Crippen LogP contribution in [0.5, 0.6) is 0 Å². The van der Waals surface area contributed by atoms with Gasteiger partial charge in [0.25, 0.3) is 0 Å². The van der Waals surface area contributed by atoms with Crippen molar-refractivity contribution in [2.75, 3.05) is 19.6 Å². The molecule has 0 aromatic heterocycles. The number of benzene rings is 1. The van der Waals surface area contributed by atoms with Gasteiger partial charge in [-0.25, -0.2) is 4.39 Å². The summed E-state index contributed by atoms with van der Waals surface area (Å²) in [6, 6.07) is 5.11. The molecule has 1 heterocycles. The molecule has 2 N–H and O–H groups in total. The Labute approximate surface area is 132 Å². The molecule has 0 saturated carbocycles. The van der Waals surface area contributed by atoms with Crippen LogP contribution in [0.2, 0.25) is 5.02 Å². The Kier molecular flexibility index (Phi) is 5.29. The van der Waals surface area contributed by atoms with Gasteiger partial charge in [0, 0.05) is 12.6 Å². The topological polar surface area (TPSA) is 29.3 Å². The molecule has 1 fully saturated rings. The zero-order chi connectivity index (χ0) is 15.6. The largest absolute Gasteiger partial charge is 0.329 e. The molecule has 0 amide bonds. The Bertz CT molecular complexity index is 476. The third-order valence-corrected chi connectivity index (χ3v) is 5.05. The molecule has 0 spiro atoms. The second kappa shape index (κ2) is 6.64. The third-order valence-electron chi connectivity index (χ3n) is 4.75. The van der Waals surface area contributed by atoms with Crippen molar-refractivity contribution in [2.45, 2.75) is 39.7 Å². The lowest BCUT2D eigenvalue weighted by Gasteiger charge is -2.41. The second-order valence-corrected chi connectivity index (χ2v) is 7.51. The molecule has 1 unspecified atom stereocenters. The normalized spacial score (nSPS) is 19.7. The number of halogens is 2. The predicted molar refractivity (Wildman–Crippen MR) is 87.0 cm³/mol. The fourth-order valence-corrected chi connectivity index (χ4v) is 3.41. The van der Waals surface area contributed by atoms with Crippen LogP contribution in [-0.4, -0.2) is 24.5 Å². The van der Waals surface area contributed by atoms with Gasteiger partial charge in [0.05, 0.1) is 5.02 Å². The van der Waals surface area contributed by atoms with Gasteiger partial charge < -0.3 is 5.73 Å². The summed E-state index contributed by atoms with van der Waals surface area (Å²) in [4.78, 5) is 2.38. The lowest BCUT2D eigenvalue weighted by Crippen LogP contribution is -2.42. The van der Waals surface area contributed by atoms with E-state index in [1.54, 1.807) is 6.07 Å². The zero-order valence-corrected chi connectivity index (χ0v) is 14.0. The van der Waals surface area contributed by atoms with Gasteiger partial charge in [0.1, 0.15) is 5.82 Å². The number of hydrogen-bond acceptors (Lipinski definition) is 2. The van der Waals surface area contributed by atoms with Gasteiger partial charge in [-0.05, 0) is 55.0 Å². The summed E-state index contributed by atoms with van der Waals surface area (Å²) in [5.74, 6) is 0.381. The molecular formula is C17H26ClFN2. The van der Waals surface area contributed by atoms with E-state index < -0.39 is 0 Å². The average Bonchev–Trinajstić information content (AvgIpc) is 2.43. The molecule has 118 valence electrons. The summed E-state index contributed by atoms with van der Waals surface area (Å²) in [6.07, 6.45) is 2.35. The van der Waals surface area contributed by atoms with Gasteiger partial charge in [-0.3, -0.25) is 4.90 Å². The van der Waals surface area contributed by atoms with E-state index in [1.165, 1.54) is 18.9 Å². The molecule has 0 bridgehead atoms. The second-order valence-electron chi connectivity index (χ2n) is 7.10. The molecule has 2 nitrogen and oxygen atoms in total. The van der Waals surface area contributed by atoms with E-state index in [1.807, 2.05) is 6.07 Å². The molecule has 1 saturated heterocycles. The summed E-state index contributed by atoms with van der Waals surface area (Å²) in [7, 11) is 0. The predicted octanol–water partition coefficient (Wildman–Crippen LogP) is 4.24. The molecule has 21 heavy (non-hydrogen) atoms. The Balaban J connectivity index is 2.07. The van der Waals surface area contributed by atoms with Gasteiger partial charge in [0.2, 0.25) is 0 Å². The van der Waals surface area contributed by atoms with Crippen LogP contribution >= 0.6 is 11.6 Å². The minimum Gasteiger partial charge on any atom is -0.329 e. The van der Waals surface area contributed by atoms with E-state index in [9.17, 15) is 4.39 Å². The van der Waals surface area contributed by atoms with Gasteiger partial charge in [0.15, 0.2) is 0 Å². The van der Waals surface area contributed by atoms with Crippen molar-refractivity contribution in [2.24, 2.45) is 17.1 Å². The van der Waals surface area contributed by atoms with Crippen molar-refractivity contribution in [1.82, 2.24) is 4.90 Å². The molecule has 1 aromatic carbocycles. The summed E-state index contributed by atoms with van der Waals surface area (Å²) in [6.45, 7) is 9.47. The first kappa shape index (κ1) is 16.7. The van der Waals surface area contributed by atoms with Crippen LogP contribution in [0.4, 0.5) is 4.39 Å². The van der Waals surface area contributed by atoms with Crippen LogP contribution in [0.1, 0.15) is 45.2 Å². The number of nitrogens with two attached hydrogens (primary N) is 1. The van der Waals surface area contributed by atoms with Crippen molar-refractivity contribution in [3.8, 4) is 0 Å². The maximum absolute atomic E-state index is 13.7. The van der Waals surface area contributed by atoms with Gasteiger partial charge in [-0.1, -0.05) is 38.4 Å². The first-order valence-corrected chi connectivity index (χ1v) is 8.09. The van der Waals surface area contributed by atoms with Crippen LogP contribution < -0.4 is 5.73 Å². The van der Waals surface area contributed by atoms with Crippen molar-refractivity contribution in [1.29, 1.82) is 0 Å². The van der Waals surface area contributed by atoms with Crippen LogP contribution in [-0.2, 0) is 0 Å². The minimum atomic E-state index is -0.364. The van der Waals surface area contributed by atoms with Crippen LogP contribution in [0.15, 0.2) is 18.2 Å². The van der Waals surface area contributed by atoms with Gasteiger partial charge in [-0.15, -0.1) is 0 Å². The number of hydrogen-bond donors (Lipinski definition) is 1. The standard InChI is InChI=1S/C17H26ClFN2/c1-17(2,3)13-6-8-21(9-7-13)16(11-20)12-4-5-14(18)15(19)10-12/h4-5,10,13,16H,6-9,11,20H2,1-3H3. The number of nitrogens with zero attached hydrogens (tertiary/aromatic N) is 1. The zero-order valence-electron chi connectivity index (χ0n) is 13.2. The Morgan fingerprint density at radius 2 is 1.95 bits per heavy atom. The van der Waals surface area contributed by atoms with Gasteiger partial charge >= 0.3 is 0 Å². The number of likely N-dealkylation sites (tertiary alicyclic amines) is 1. The molecule has 1 atom stereocenters. The van der Waals surface area contributed by atoms with Crippen molar-refractivity contribution in [3.05, 3.63) is 34.6 Å². The van der Waals surface area contributed by atoms with E-state index in [-0.39, 0.29) is 16.9 Å². The minimum absolute atomic E-state index is 0.0812. The molecule has 1 aliphatic heterocycles. The monoisotopic (exact) mass is 312 g/mol. The number of piperidine rings is 1. The SMILES string of the molecule is CC(C)(C)C1CCN(C(CN)c2ccc(Cl)c(F)c2)CC1. The highest BCUT2D eigenvalue weighted by Gasteiger charge is 2.31. The Morgan fingerprint density at radius 1 is 1.33 bits per heavy atom. The number of rotatable bonds is 3. The first-order valence-electron chi connectivity index (χ1n) is 7.72. The van der Waals surface area contributed by atoms with E-state index in [2.05, 4.69) is 25.7 Å². The summed E-state index contributed by atoms with van der Waals surface area (Å²) < 4.78 is 13.7. The van der Waals surface area contributed by atoms with Crippen molar-refractivity contribution < 1.29 is 4.39 Å². The highest BCUT2D eigenvalue weighted by Crippen LogP contribution is 2.36. The maximum Gasteiger partial charge on any atom is 0.142 e. The van der Waals surface area contributed by atoms with Gasteiger partial charge in [-0.2, -0.15) is 0 Å². The highest BCUT2D eigenvalue weighted by molar-refractivity contribution is 6.30. The fourth-order valence-electron chi connectivity index (χ4n) is 3.29. The third kappa shape index (κ3) is 3.97. The average molecular weight is 313 g/mol. The van der Waals surface area contributed by atoms with Crippen molar-refractivity contribution >= 4 is 11.6 Å².